The number of fused-ring (bicyclic) bond motifs is 1. The number of nitrogens with zero attached hydrogens (tertiary/aromatic N) is 4. The predicted octanol–water partition coefficient (Wildman–Crippen LogP) is 3.94. The first kappa shape index (κ1) is 19.1. The molecule has 0 N–H and O–H groups in total. The molecule has 3 rings (SSSR count). The van der Waals surface area contributed by atoms with Crippen molar-refractivity contribution in [3.63, 3.8) is 0 Å². The van der Waals surface area contributed by atoms with Crippen LogP contribution in [-0.4, -0.2) is 28.6 Å². The molecule has 1 aliphatic rings. The molecular formula is C21H22N4OS. The third-order valence-electron chi connectivity index (χ3n) is 4.87. The molecule has 1 aromatic carbocycles. The predicted molar refractivity (Wildman–Crippen MR) is 108 cm³/mol. The quantitative estimate of drug-likeness (QED) is 0.456. The first-order valence-electron chi connectivity index (χ1n) is 8.72. The molecule has 2 aromatic rings. The van der Waals surface area contributed by atoms with Gasteiger partial charge in [-0.15, -0.1) is 0 Å². The summed E-state index contributed by atoms with van der Waals surface area (Å²) in [5, 5.41) is 9.91. The number of carbonyl (C=O) groups is 1. The Kier molecular flexibility index (Phi) is 5.07. The maximum absolute atomic E-state index is 12.7. The number of rotatable bonds is 4. The summed E-state index contributed by atoms with van der Waals surface area (Å²) in [5.74, 6) is 0.835. The number of aromatic nitrogens is 2. The highest BCUT2D eigenvalue weighted by molar-refractivity contribution is 8.00. The van der Waals surface area contributed by atoms with Crippen LogP contribution in [0.4, 0.5) is 5.69 Å². The number of hydrogen-bond donors (Lipinski definition) is 0. The highest BCUT2D eigenvalue weighted by Gasteiger charge is 2.38. The molecule has 2 heterocycles. The number of thioether (sulfide) groups is 1. The lowest BCUT2D eigenvalue weighted by molar-refractivity contribution is -0.112. The van der Waals surface area contributed by atoms with Gasteiger partial charge in [0.2, 0.25) is 0 Å². The summed E-state index contributed by atoms with van der Waals surface area (Å²) in [6, 6.07) is 10.4. The van der Waals surface area contributed by atoms with E-state index in [4.69, 9.17) is 0 Å². The molecule has 1 aliphatic heterocycles. The highest BCUT2D eigenvalue weighted by Crippen LogP contribution is 2.46. The van der Waals surface area contributed by atoms with Gasteiger partial charge in [-0.25, -0.2) is 9.97 Å². The van der Waals surface area contributed by atoms with Gasteiger partial charge in [-0.2, -0.15) is 5.26 Å². The van der Waals surface area contributed by atoms with Crippen molar-refractivity contribution in [3.8, 4) is 6.07 Å². The van der Waals surface area contributed by atoms with E-state index in [9.17, 15) is 10.1 Å². The second-order valence-electron chi connectivity index (χ2n) is 7.13. The molecule has 0 fully saturated rings. The van der Waals surface area contributed by atoms with Crippen LogP contribution in [0.2, 0.25) is 0 Å². The molecule has 0 radical (unpaired) electrons. The second kappa shape index (κ2) is 7.16. The summed E-state index contributed by atoms with van der Waals surface area (Å²) < 4.78 is 0. The van der Waals surface area contributed by atoms with Gasteiger partial charge in [0, 0.05) is 29.9 Å². The molecule has 0 atom stereocenters. The van der Waals surface area contributed by atoms with E-state index >= 15 is 0 Å². The lowest BCUT2D eigenvalue weighted by atomic mass is 9.83. The minimum absolute atomic E-state index is 0.000499. The van der Waals surface area contributed by atoms with Crippen molar-refractivity contribution in [2.75, 3.05) is 17.7 Å². The zero-order valence-corrected chi connectivity index (χ0v) is 17.0. The fraction of sp³-hybridized carbons (Fsp3) is 0.333. The van der Waals surface area contributed by atoms with Crippen LogP contribution in [0.25, 0.3) is 0 Å². The van der Waals surface area contributed by atoms with Crippen LogP contribution in [0.15, 0.2) is 41.1 Å². The number of allylic oxidation sites excluding steroid dienone is 2. The van der Waals surface area contributed by atoms with Crippen LogP contribution in [-0.2, 0) is 10.2 Å². The van der Waals surface area contributed by atoms with Crippen molar-refractivity contribution in [1.29, 1.82) is 5.26 Å². The Balaban J connectivity index is 1.82. The summed E-state index contributed by atoms with van der Waals surface area (Å²) in [7, 11) is 1.99. The van der Waals surface area contributed by atoms with Gasteiger partial charge in [0.1, 0.15) is 22.5 Å². The number of carbonyl (C=O) groups excluding carboxylic acids is 1. The smallest absolute Gasteiger partial charge is 0.167 e. The van der Waals surface area contributed by atoms with Crippen LogP contribution in [0, 0.1) is 25.2 Å². The summed E-state index contributed by atoms with van der Waals surface area (Å²) in [4.78, 5) is 23.3. The summed E-state index contributed by atoms with van der Waals surface area (Å²) in [6.45, 7) is 7.84. The van der Waals surface area contributed by atoms with Crippen molar-refractivity contribution in [3.05, 3.63) is 58.7 Å². The van der Waals surface area contributed by atoms with E-state index in [-0.39, 0.29) is 17.0 Å². The molecule has 5 nitrogen and oxygen atoms in total. The summed E-state index contributed by atoms with van der Waals surface area (Å²) >= 11 is 1.29. The van der Waals surface area contributed by atoms with E-state index in [1.165, 1.54) is 17.3 Å². The van der Waals surface area contributed by atoms with Crippen LogP contribution in [0.3, 0.4) is 0 Å². The summed E-state index contributed by atoms with van der Waals surface area (Å²) in [6.07, 6.45) is 1.72. The van der Waals surface area contributed by atoms with E-state index in [0.29, 0.717) is 22.1 Å². The monoisotopic (exact) mass is 378 g/mol. The van der Waals surface area contributed by atoms with Gasteiger partial charge in [-0.3, -0.25) is 4.79 Å². The molecule has 0 aliphatic carbocycles. The van der Waals surface area contributed by atoms with Crippen LogP contribution >= 0.6 is 11.8 Å². The third-order valence-corrected chi connectivity index (χ3v) is 5.87. The van der Waals surface area contributed by atoms with Gasteiger partial charge in [-0.05, 0) is 25.5 Å². The molecule has 27 heavy (non-hydrogen) atoms. The Bertz CT molecular complexity index is 988. The topological polar surface area (TPSA) is 69.9 Å². The number of hydrogen-bond acceptors (Lipinski definition) is 6. The molecule has 1 aromatic heterocycles. The molecule has 0 saturated carbocycles. The lowest BCUT2D eigenvalue weighted by Gasteiger charge is -2.23. The molecule has 6 heteroatoms. The van der Waals surface area contributed by atoms with Crippen LogP contribution in [0.5, 0.6) is 0 Å². The molecule has 0 spiro atoms. The zero-order valence-electron chi connectivity index (χ0n) is 16.2. The third kappa shape index (κ3) is 3.47. The Morgan fingerprint density at radius 2 is 2.00 bits per heavy atom. The highest BCUT2D eigenvalue weighted by atomic mass is 32.2. The molecular weight excluding hydrogens is 356 g/mol. The Morgan fingerprint density at radius 1 is 1.30 bits per heavy atom. The number of nitriles is 1. The maximum atomic E-state index is 12.7. The molecule has 0 unspecified atom stereocenters. The molecule has 0 saturated heterocycles. The number of ketones is 1. The average Bonchev–Trinajstić information content (AvgIpc) is 2.81. The van der Waals surface area contributed by atoms with E-state index in [2.05, 4.69) is 46.9 Å². The van der Waals surface area contributed by atoms with E-state index in [1.54, 1.807) is 19.9 Å². The first-order chi connectivity index (χ1) is 12.8. The number of aryl methyl sites for hydroxylation is 2. The number of benzene rings is 1. The van der Waals surface area contributed by atoms with Crippen molar-refractivity contribution in [1.82, 2.24) is 9.97 Å². The molecule has 0 bridgehead atoms. The van der Waals surface area contributed by atoms with Crippen LogP contribution in [0.1, 0.15) is 36.5 Å². The van der Waals surface area contributed by atoms with E-state index < -0.39 is 0 Å². The maximum Gasteiger partial charge on any atom is 0.167 e. The normalized spacial score (nSPS) is 16.3. The lowest BCUT2D eigenvalue weighted by Crippen LogP contribution is -2.24. The SMILES string of the molecule is Cc1nc(C)c(C#N)c(SCC(=O)/C=C2\N(C)c3ccccc3C2(C)C)n1. The Hall–Kier alpha value is -2.65. The van der Waals surface area contributed by atoms with Crippen molar-refractivity contribution in [2.24, 2.45) is 0 Å². The summed E-state index contributed by atoms with van der Waals surface area (Å²) in [5.41, 5.74) is 4.18. The minimum atomic E-state index is -0.231. The van der Waals surface area contributed by atoms with Gasteiger partial charge in [0.15, 0.2) is 5.78 Å². The molecule has 0 amide bonds. The van der Waals surface area contributed by atoms with Gasteiger partial charge < -0.3 is 4.90 Å². The van der Waals surface area contributed by atoms with Crippen molar-refractivity contribution < 1.29 is 4.79 Å². The molecule has 138 valence electrons. The Labute approximate surface area is 164 Å². The van der Waals surface area contributed by atoms with E-state index in [1.807, 2.05) is 19.2 Å². The fourth-order valence-corrected chi connectivity index (χ4v) is 4.40. The second-order valence-corrected chi connectivity index (χ2v) is 8.10. The standard InChI is InChI=1S/C21H22N4OS/c1-13-16(11-22)20(24-14(2)23-13)27-12-15(26)10-19-21(3,4)17-8-6-7-9-18(17)25(19)5/h6-10H,12H2,1-5H3/b19-10-. The van der Waals surface area contributed by atoms with Gasteiger partial charge in [0.25, 0.3) is 0 Å². The number of para-hydroxylation sites is 1. The fourth-order valence-electron chi connectivity index (χ4n) is 3.51. The van der Waals surface area contributed by atoms with E-state index in [0.717, 1.165) is 11.4 Å². The first-order valence-corrected chi connectivity index (χ1v) is 9.70. The van der Waals surface area contributed by atoms with Crippen LogP contribution < -0.4 is 4.90 Å². The zero-order chi connectivity index (χ0) is 19.8. The average molecular weight is 379 g/mol. The Morgan fingerprint density at radius 3 is 2.67 bits per heavy atom. The largest absolute Gasteiger partial charge is 0.347 e. The minimum Gasteiger partial charge on any atom is -0.347 e. The van der Waals surface area contributed by atoms with Gasteiger partial charge >= 0.3 is 0 Å². The number of anilines is 1. The number of likely N-dealkylation sites (N-methyl/N-ethyl adjacent to an activating group) is 1. The van der Waals surface area contributed by atoms with Crippen molar-refractivity contribution >= 4 is 23.2 Å². The van der Waals surface area contributed by atoms with Gasteiger partial charge in [0.05, 0.1) is 11.4 Å². The van der Waals surface area contributed by atoms with Crippen molar-refractivity contribution in [2.45, 2.75) is 38.1 Å². The van der Waals surface area contributed by atoms with Gasteiger partial charge in [-0.1, -0.05) is 43.8 Å².